The highest BCUT2D eigenvalue weighted by molar-refractivity contribution is 5.57. The van der Waals surface area contributed by atoms with Gasteiger partial charge in [0.2, 0.25) is 0 Å². The zero-order valence-corrected chi connectivity index (χ0v) is 12.4. The van der Waals surface area contributed by atoms with Crippen LogP contribution in [-0.4, -0.2) is 19.1 Å². The molecule has 0 radical (unpaired) electrons. The minimum Gasteiger partial charge on any atom is -0.368 e. The third-order valence-electron chi connectivity index (χ3n) is 4.21. The van der Waals surface area contributed by atoms with E-state index in [0.29, 0.717) is 30.8 Å². The van der Waals surface area contributed by atoms with E-state index in [1.54, 1.807) is 12.1 Å². The van der Waals surface area contributed by atoms with Gasteiger partial charge in [-0.15, -0.1) is 0 Å². The first-order chi connectivity index (χ1) is 9.97. The van der Waals surface area contributed by atoms with Crippen LogP contribution in [0.4, 0.5) is 18.9 Å². The summed E-state index contributed by atoms with van der Waals surface area (Å²) in [7, 11) is 0. The van der Waals surface area contributed by atoms with E-state index in [1.807, 2.05) is 11.8 Å². The molecule has 1 aromatic rings. The predicted octanol–water partition coefficient (Wildman–Crippen LogP) is 3.98. The maximum atomic E-state index is 13.4. The van der Waals surface area contributed by atoms with Crippen molar-refractivity contribution in [2.75, 3.05) is 18.0 Å². The Labute approximate surface area is 124 Å². The molecular weight excluding hydrogens is 277 g/mol. The van der Waals surface area contributed by atoms with E-state index in [1.165, 1.54) is 6.07 Å². The van der Waals surface area contributed by atoms with Gasteiger partial charge in [-0.05, 0) is 50.4 Å². The molecule has 0 atom stereocenters. The molecule has 1 aliphatic rings. The Hall–Kier alpha value is -1.23. The molecule has 2 rings (SSSR count). The van der Waals surface area contributed by atoms with Gasteiger partial charge in [-0.25, -0.2) is 0 Å². The van der Waals surface area contributed by atoms with Gasteiger partial charge in [-0.1, -0.05) is 18.9 Å². The molecule has 118 valence electrons. The lowest BCUT2D eigenvalue weighted by Gasteiger charge is -2.32. The van der Waals surface area contributed by atoms with Crippen molar-refractivity contribution in [2.24, 2.45) is 5.73 Å². The van der Waals surface area contributed by atoms with Crippen molar-refractivity contribution in [2.45, 2.75) is 51.2 Å². The molecule has 1 fully saturated rings. The summed E-state index contributed by atoms with van der Waals surface area (Å²) in [5, 5.41) is 0. The van der Waals surface area contributed by atoms with Crippen LogP contribution in [0.3, 0.4) is 0 Å². The Morgan fingerprint density at radius 1 is 1.24 bits per heavy atom. The zero-order valence-electron chi connectivity index (χ0n) is 12.4. The second kappa shape index (κ2) is 6.69. The summed E-state index contributed by atoms with van der Waals surface area (Å²) in [5.74, 6) is 0. The number of hydrogen-bond donors (Lipinski definition) is 1. The molecule has 0 unspecified atom stereocenters. The topological polar surface area (TPSA) is 29.3 Å². The van der Waals surface area contributed by atoms with E-state index in [0.717, 1.165) is 25.7 Å². The molecule has 0 heterocycles. The molecule has 1 aromatic carbocycles. The molecule has 0 bridgehead atoms. The van der Waals surface area contributed by atoms with E-state index in [4.69, 9.17) is 5.73 Å². The van der Waals surface area contributed by atoms with Crippen molar-refractivity contribution in [3.63, 3.8) is 0 Å². The number of nitrogens with zero attached hydrogens (tertiary/aromatic N) is 1. The second-order valence-corrected chi connectivity index (χ2v) is 5.61. The number of alkyl halides is 3. The number of hydrogen-bond acceptors (Lipinski definition) is 2. The van der Waals surface area contributed by atoms with Crippen molar-refractivity contribution >= 4 is 5.69 Å². The first-order valence-electron chi connectivity index (χ1n) is 7.64. The van der Waals surface area contributed by atoms with Crippen LogP contribution in [0.15, 0.2) is 18.2 Å². The number of nitrogens with two attached hydrogens (primary N) is 1. The molecule has 21 heavy (non-hydrogen) atoms. The maximum absolute atomic E-state index is 13.4. The molecule has 0 saturated heterocycles. The van der Waals surface area contributed by atoms with E-state index in [9.17, 15) is 13.2 Å². The fourth-order valence-electron chi connectivity index (χ4n) is 3.22. The Bertz CT molecular complexity index is 465. The summed E-state index contributed by atoms with van der Waals surface area (Å²) in [6.07, 6.45) is 0.317. The number of rotatable bonds is 5. The summed E-state index contributed by atoms with van der Waals surface area (Å²) >= 11 is 0. The summed E-state index contributed by atoms with van der Waals surface area (Å²) in [5.41, 5.74) is 5.89. The molecule has 0 aliphatic heterocycles. The lowest BCUT2D eigenvalue weighted by atomic mass is 10.0. The highest BCUT2D eigenvalue weighted by Gasteiger charge is 2.36. The van der Waals surface area contributed by atoms with Crippen LogP contribution >= 0.6 is 0 Å². The van der Waals surface area contributed by atoms with Gasteiger partial charge in [0.05, 0.1) is 5.56 Å². The first kappa shape index (κ1) is 16.1. The minimum absolute atomic E-state index is 0.233. The Kier molecular flexibility index (Phi) is 5.14. The fourth-order valence-corrected chi connectivity index (χ4v) is 3.22. The van der Waals surface area contributed by atoms with Gasteiger partial charge in [0.15, 0.2) is 0 Å². The van der Waals surface area contributed by atoms with Crippen LogP contribution in [-0.2, 0) is 12.6 Å². The van der Waals surface area contributed by atoms with Crippen LogP contribution in [0.25, 0.3) is 0 Å². The SMILES string of the molecule is CCN(c1ccc(CCN)cc1C(F)(F)F)C1CCCC1. The van der Waals surface area contributed by atoms with Crippen LogP contribution in [0.1, 0.15) is 43.7 Å². The number of anilines is 1. The maximum Gasteiger partial charge on any atom is 0.418 e. The van der Waals surface area contributed by atoms with Crippen LogP contribution in [0.5, 0.6) is 0 Å². The molecule has 0 spiro atoms. The predicted molar refractivity (Wildman–Crippen MR) is 79.5 cm³/mol. The van der Waals surface area contributed by atoms with Crippen molar-refractivity contribution < 1.29 is 13.2 Å². The third-order valence-corrected chi connectivity index (χ3v) is 4.21. The monoisotopic (exact) mass is 300 g/mol. The van der Waals surface area contributed by atoms with Crippen molar-refractivity contribution in [3.8, 4) is 0 Å². The van der Waals surface area contributed by atoms with Crippen LogP contribution < -0.4 is 10.6 Å². The van der Waals surface area contributed by atoms with Crippen molar-refractivity contribution in [3.05, 3.63) is 29.3 Å². The normalized spacial score (nSPS) is 16.4. The molecular formula is C16H23F3N2. The van der Waals surface area contributed by atoms with Gasteiger partial charge in [0, 0.05) is 18.3 Å². The molecule has 5 heteroatoms. The summed E-state index contributed by atoms with van der Waals surface area (Å²) in [4.78, 5) is 1.92. The van der Waals surface area contributed by atoms with Gasteiger partial charge in [-0.3, -0.25) is 0 Å². The van der Waals surface area contributed by atoms with E-state index in [2.05, 4.69) is 0 Å². The lowest BCUT2D eigenvalue weighted by Crippen LogP contribution is -2.34. The average molecular weight is 300 g/mol. The number of benzene rings is 1. The quantitative estimate of drug-likeness (QED) is 0.891. The molecule has 1 aliphatic carbocycles. The summed E-state index contributed by atoms with van der Waals surface area (Å²) in [6, 6.07) is 4.89. The smallest absolute Gasteiger partial charge is 0.368 e. The van der Waals surface area contributed by atoms with Crippen LogP contribution in [0.2, 0.25) is 0 Å². The highest BCUT2D eigenvalue weighted by atomic mass is 19.4. The minimum atomic E-state index is -4.33. The standard InChI is InChI=1S/C16H23F3N2/c1-2-21(13-5-3-4-6-13)15-8-7-12(9-10-20)11-14(15)16(17,18)19/h7-8,11,13H,2-6,9-10,20H2,1H3. The van der Waals surface area contributed by atoms with E-state index in [-0.39, 0.29) is 6.04 Å². The largest absolute Gasteiger partial charge is 0.418 e. The molecule has 2 nitrogen and oxygen atoms in total. The fraction of sp³-hybridized carbons (Fsp3) is 0.625. The molecule has 1 saturated carbocycles. The molecule has 0 amide bonds. The second-order valence-electron chi connectivity index (χ2n) is 5.61. The zero-order chi connectivity index (χ0) is 15.5. The lowest BCUT2D eigenvalue weighted by molar-refractivity contribution is -0.137. The van der Waals surface area contributed by atoms with Gasteiger partial charge in [-0.2, -0.15) is 13.2 Å². The number of halogens is 3. The van der Waals surface area contributed by atoms with Crippen molar-refractivity contribution in [1.29, 1.82) is 0 Å². The molecule has 0 aromatic heterocycles. The highest BCUT2D eigenvalue weighted by Crippen LogP contribution is 2.39. The summed E-state index contributed by atoms with van der Waals surface area (Å²) < 4.78 is 40.2. The van der Waals surface area contributed by atoms with E-state index < -0.39 is 11.7 Å². The van der Waals surface area contributed by atoms with Gasteiger partial charge in [0.25, 0.3) is 0 Å². The van der Waals surface area contributed by atoms with Gasteiger partial charge >= 0.3 is 6.18 Å². The van der Waals surface area contributed by atoms with E-state index >= 15 is 0 Å². The Morgan fingerprint density at radius 3 is 2.43 bits per heavy atom. The van der Waals surface area contributed by atoms with Crippen molar-refractivity contribution in [1.82, 2.24) is 0 Å². The van der Waals surface area contributed by atoms with Crippen LogP contribution in [0, 0.1) is 0 Å². The Balaban J connectivity index is 2.40. The summed E-state index contributed by atoms with van der Waals surface area (Å²) in [6.45, 7) is 2.88. The Morgan fingerprint density at radius 2 is 1.90 bits per heavy atom. The average Bonchev–Trinajstić information content (AvgIpc) is 2.94. The third kappa shape index (κ3) is 3.70. The van der Waals surface area contributed by atoms with Gasteiger partial charge < -0.3 is 10.6 Å². The van der Waals surface area contributed by atoms with Gasteiger partial charge in [0.1, 0.15) is 0 Å². The molecule has 2 N–H and O–H groups in total. The first-order valence-corrected chi connectivity index (χ1v) is 7.64.